The van der Waals surface area contributed by atoms with Crippen LogP contribution in [0.2, 0.25) is 0 Å². The van der Waals surface area contributed by atoms with Gasteiger partial charge in [0.1, 0.15) is 0 Å². The molecule has 9 heavy (non-hydrogen) atoms. The standard InChI is InChI=1S/C2HBr6N/c3-1(4,5)9-2(6,7)8/h9H. The SMILES string of the molecule is BrC(Br)(Br)NC(Br)(Br)Br. The van der Waals surface area contributed by atoms with Gasteiger partial charge in [-0.25, -0.2) is 0 Å². The van der Waals surface area contributed by atoms with Crippen LogP contribution >= 0.6 is 95.6 Å². The van der Waals surface area contributed by atoms with Crippen LogP contribution < -0.4 is 5.32 Å². The van der Waals surface area contributed by atoms with Crippen molar-refractivity contribution in [2.45, 2.75) is 4.53 Å². The summed E-state index contributed by atoms with van der Waals surface area (Å²) in [6.07, 6.45) is 0. The second-order valence-electron chi connectivity index (χ2n) is 1.12. The molecular weight excluding hydrogens is 517 g/mol. The maximum Gasteiger partial charge on any atom is 0.188 e. The Kier molecular flexibility index (Phi) is 5.50. The van der Waals surface area contributed by atoms with E-state index in [1.807, 2.05) is 0 Å². The van der Waals surface area contributed by atoms with E-state index in [1.54, 1.807) is 0 Å². The van der Waals surface area contributed by atoms with Gasteiger partial charge in [0.15, 0.2) is 4.53 Å². The number of alkyl halides is 6. The number of halogens is 6. The summed E-state index contributed by atoms with van der Waals surface area (Å²) >= 11 is 19.5. The van der Waals surface area contributed by atoms with E-state index in [2.05, 4.69) is 101 Å². The number of hydrogen-bond donors (Lipinski definition) is 1. The fourth-order valence-electron chi connectivity index (χ4n) is 0.161. The molecule has 0 atom stereocenters. The van der Waals surface area contributed by atoms with Gasteiger partial charge >= 0.3 is 0 Å². The first-order valence-corrected chi connectivity index (χ1v) is 6.39. The Balaban J connectivity index is 3.75. The van der Waals surface area contributed by atoms with Gasteiger partial charge in [0.05, 0.1) is 0 Å². The lowest BCUT2D eigenvalue weighted by Gasteiger charge is -2.21. The highest BCUT2D eigenvalue weighted by Gasteiger charge is 2.28. The highest BCUT2D eigenvalue weighted by Crippen LogP contribution is 2.39. The molecule has 0 radical (unpaired) electrons. The Hall–Kier alpha value is 2.84. The summed E-state index contributed by atoms with van der Waals surface area (Å²) in [5.74, 6) is 0. The predicted octanol–water partition coefficient (Wildman–Crippen LogP) is 4.17. The molecule has 0 fully saturated rings. The topological polar surface area (TPSA) is 12.0 Å². The van der Waals surface area contributed by atoms with Crippen LogP contribution in [0.3, 0.4) is 0 Å². The van der Waals surface area contributed by atoms with Crippen LogP contribution in [0.5, 0.6) is 0 Å². The third-order valence-corrected chi connectivity index (χ3v) is 1.47. The predicted molar refractivity (Wildman–Crippen MR) is 62.2 cm³/mol. The Bertz CT molecular complexity index is 76.2. The lowest BCUT2D eigenvalue weighted by molar-refractivity contribution is 0.850. The van der Waals surface area contributed by atoms with Gasteiger partial charge in [0.2, 0.25) is 0 Å². The molecule has 1 N–H and O–H groups in total. The maximum atomic E-state index is 3.25. The molecule has 56 valence electrons. The van der Waals surface area contributed by atoms with E-state index in [-0.39, 0.29) is 0 Å². The van der Waals surface area contributed by atoms with Gasteiger partial charge < -0.3 is 0 Å². The number of rotatable bonds is 0. The van der Waals surface area contributed by atoms with Crippen LogP contribution in [-0.2, 0) is 0 Å². The monoisotopic (exact) mass is 513 g/mol. The van der Waals surface area contributed by atoms with Crippen molar-refractivity contribution in [3.63, 3.8) is 0 Å². The lowest BCUT2D eigenvalue weighted by atomic mass is 11.2. The first-order chi connectivity index (χ1) is 3.71. The van der Waals surface area contributed by atoms with E-state index in [0.29, 0.717) is 0 Å². The Morgan fingerprint density at radius 3 is 0.889 bits per heavy atom. The highest BCUT2D eigenvalue weighted by molar-refractivity contribution is 9.40. The van der Waals surface area contributed by atoms with Gasteiger partial charge in [0.25, 0.3) is 0 Å². The minimum atomic E-state index is -0.469. The second kappa shape index (κ2) is 4.18. The first kappa shape index (κ1) is 11.8. The van der Waals surface area contributed by atoms with Crippen molar-refractivity contribution in [1.29, 1.82) is 0 Å². The average molecular weight is 518 g/mol. The summed E-state index contributed by atoms with van der Waals surface area (Å²) in [7, 11) is 0. The van der Waals surface area contributed by atoms with Gasteiger partial charge in [-0.3, -0.25) is 5.32 Å². The molecule has 0 saturated carbocycles. The van der Waals surface area contributed by atoms with Gasteiger partial charge in [0, 0.05) is 0 Å². The summed E-state index contributed by atoms with van der Waals surface area (Å²) in [6, 6.07) is 0. The molecule has 0 aromatic rings. The lowest BCUT2D eigenvalue weighted by Crippen LogP contribution is -2.36. The third kappa shape index (κ3) is 10.8. The zero-order valence-electron chi connectivity index (χ0n) is 3.77. The van der Waals surface area contributed by atoms with E-state index in [1.165, 1.54) is 0 Å². The van der Waals surface area contributed by atoms with Crippen LogP contribution in [0.15, 0.2) is 0 Å². The van der Waals surface area contributed by atoms with Gasteiger partial charge in [-0.05, 0) is 95.6 Å². The molecule has 0 heterocycles. The second-order valence-corrected chi connectivity index (χ2v) is 14.6. The first-order valence-electron chi connectivity index (χ1n) is 1.63. The molecule has 7 heteroatoms. The van der Waals surface area contributed by atoms with E-state index >= 15 is 0 Å². The van der Waals surface area contributed by atoms with Gasteiger partial charge in [-0.1, -0.05) is 0 Å². The van der Waals surface area contributed by atoms with Crippen molar-refractivity contribution in [3.05, 3.63) is 0 Å². The Morgan fingerprint density at radius 1 is 0.667 bits per heavy atom. The molecular formula is C2HBr6N. The summed E-state index contributed by atoms with van der Waals surface area (Å²) in [5.41, 5.74) is 0. The Morgan fingerprint density at radius 2 is 0.889 bits per heavy atom. The molecule has 0 saturated heterocycles. The van der Waals surface area contributed by atoms with Crippen molar-refractivity contribution in [2.75, 3.05) is 0 Å². The quantitative estimate of drug-likeness (QED) is 0.375. The normalized spacial score (nSPS) is 14.0. The molecule has 0 amide bonds. The van der Waals surface area contributed by atoms with E-state index in [0.717, 1.165) is 0 Å². The van der Waals surface area contributed by atoms with Gasteiger partial charge in [-0.2, -0.15) is 0 Å². The smallest absolute Gasteiger partial charge is 0.188 e. The minimum Gasteiger partial charge on any atom is -0.251 e. The van der Waals surface area contributed by atoms with E-state index in [9.17, 15) is 0 Å². The minimum absolute atomic E-state index is 0.469. The summed E-state index contributed by atoms with van der Waals surface area (Å²) < 4.78 is -0.938. The van der Waals surface area contributed by atoms with Crippen LogP contribution in [0.4, 0.5) is 0 Å². The fraction of sp³-hybridized carbons (Fsp3) is 1.00. The fourth-order valence-corrected chi connectivity index (χ4v) is 4.34. The summed E-state index contributed by atoms with van der Waals surface area (Å²) in [5, 5.41) is 2.96. The number of hydrogen-bond acceptors (Lipinski definition) is 1. The molecule has 0 aromatic heterocycles. The van der Waals surface area contributed by atoms with Crippen molar-refractivity contribution in [1.82, 2.24) is 5.32 Å². The van der Waals surface area contributed by atoms with Crippen molar-refractivity contribution in [3.8, 4) is 0 Å². The Labute approximate surface area is 104 Å². The van der Waals surface area contributed by atoms with Crippen molar-refractivity contribution in [2.24, 2.45) is 0 Å². The molecule has 1 nitrogen and oxygen atoms in total. The van der Waals surface area contributed by atoms with Crippen molar-refractivity contribution < 1.29 is 0 Å². The molecule has 0 rings (SSSR count). The molecule has 0 spiro atoms. The zero-order chi connectivity index (χ0) is 7.71. The summed E-state index contributed by atoms with van der Waals surface area (Å²) in [6.45, 7) is 0. The van der Waals surface area contributed by atoms with E-state index < -0.39 is 4.53 Å². The molecule has 0 bridgehead atoms. The van der Waals surface area contributed by atoms with Crippen molar-refractivity contribution >= 4 is 95.6 Å². The average Bonchev–Trinajstić information content (AvgIpc) is 1.14. The third-order valence-electron chi connectivity index (χ3n) is 0.283. The largest absolute Gasteiger partial charge is 0.251 e. The van der Waals surface area contributed by atoms with E-state index in [4.69, 9.17) is 0 Å². The molecule has 0 unspecified atom stereocenters. The van der Waals surface area contributed by atoms with Crippen LogP contribution in [0.25, 0.3) is 0 Å². The molecule has 0 aliphatic rings. The van der Waals surface area contributed by atoms with Crippen LogP contribution in [-0.4, -0.2) is 4.53 Å². The zero-order valence-corrected chi connectivity index (χ0v) is 13.3. The number of nitrogens with one attached hydrogen (secondary N) is 1. The van der Waals surface area contributed by atoms with Gasteiger partial charge in [-0.15, -0.1) is 0 Å². The molecule has 0 aliphatic carbocycles. The maximum absolute atomic E-state index is 3.25. The summed E-state index contributed by atoms with van der Waals surface area (Å²) in [4.78, 5) is 0. The molecule has 0 aliphatic heterocycles. The van der Waals surface area contributed by atoms with Crippen LogP contribution in [0.1, 0.15) is 0 Å². The van der Waals surface area contributed by atoms with Crippen LogP contribution in [0, 0.1) is 0 Å². The highest BCUT2D eigenvalue weighted by atomic mass is 80.0. The molecule has 0 aromatic carbocycles.